The standard InChI is InChI=1S/C27H21N3O6/c1-18-10-12-20(13-11-18)27(32)36-24-15-14-19-6-2-3-7-21(19)22(24)16-28-29-26(31)17-35-25-9-5-4-8-23(25)30(33)34/h2-16H,17H2,1H3,(H,29,31)/b28-16-. The highest BCUT2D eigenvalue weighted by Gasteiger charge is 2.16. The molecular weight excluding hydrogens is 462 g/mol. The fraction of sp³-hybridized carbons (Fsp3) is 0.0741. The second-order valence-corrected chi connectivity index (χ2v) is 7.76. The number of esters is 1. The highest BCUT2D eigenvalue weighted by molar-refractivity contribution is 6.04. The number of carbonyl (C=O) groups excluding carboxylic acids is 2. The number of ether oxygens (including phenoxy) is 2. The average molecular weight is 483 g/mol. The van der Waals surface area contributed by atoms with E-state index < -0.39 is 23.4 Å². The first-order chi connectivity index (χ1) is 17.4. The van der Waals surface area contributed by atoms with Crippen molar-refractivity contribution in [2.45, 2.75) is 6.92 Å². The van der Waals surface area contributed by atoms with Crippen molar-refractivity contribution in [1.29, 1.82) is 0 Å². The van der Waals surface area contributed by atoms with Gasteiger partial charge in [-0.05, 0) is 42.0 Å². The van der Waals surface area contributed by atoms with Crippen LogP contribution in [0.15, 0.2) is 90.0 Å². The number of hydrogen-bond donors (Lipinski definition) is 1. The molecule has 9 nitrogen and oxygen atoms in total. The molecule has 0 aliphatic rings. The summed E-state index contributed by atoms with van der Waals surface area (Å²) >= 11 is 0. The predicted molar refractivity (Wildman–Crippen MR) is 134 cm³/mol. The van der Waals surface area contributed by atoms with Crippen LogP contribution < -0.4 is 14.9 Å². The van der Waals surface area contributed by atoms with Crippen molar-refractivity contribution in [2.24, 2.45) is 5.10 Å². The minimum atomic E-state index is -0.622. The molecule has 0 aromatic heterocycles. The molecular formula is C27H21N3O6. The van der Waals surface area contributed by atoms with E-state index in [1.807, 2.05) is 49.4 Å². The number of hydrogen-bond acceptors (Lipinski definition) is 7. The van der Waals surface area contributed by atoms with Crippen molar-refractivity contribution in [2.75, 3.05) is 6.61 Å². The van der Waals surface area contributed by atoms with Gasteiger partial charge in [-0.25, -0.2) is 10.2 Å². The first-order valence-corrected chi connectivity index (χ1v) is 10.9. The van der Waals surface area contributed by atoms with E-state index in [9.17, 15) is 19.7 Å². The lowest BCUT2D eigenvalue weighted by Gasteiger charge is -2.11. The number of nitrogens with zero attached hydrogens (tertiary/aromatic N) is 2. The Labute approximate surface area is 206 Å². The zero-order valence-corrected chi connectivity index (χ0v) is 19.2. The van der Waals surface area contributed by atoms with Crippen molar-refractivity contribution in [3.05, 3.63) is 112 Å². The number of benzene rings is 4. The van der Waals surface area contributed by atoms with Gasteiger partial charge in [0.1, 0.15) is 5.75 Å². The van der Waals surface area contributed by atoms with Gasteiger partial charge in [-0.2, -0.15) is 5.10 Å². The van der Waals surface area contributed by atoms with Gasteiger partial charge in [0, 0.05) is 11.6 Å². The van der Waals surface area contributed by atoms with Gasteiger partial charge in [0.25, 0.3) is 5.91 Å². The van der Waals surface area contributed by atoms with Crippen LogP contribution in [0.1, 0.15) is 21.5 Å². The number of nitrogens with one attached hydrogen (secondary N) is 1. The smallest absolute Gasteiger partial charge is 0.343 e. The third kappa shape index (κ3) is 5.71. The number of aryl methyl sites for hydroxylation is 1. The Morgan fingerprint density at radius 3 is 2.44 bits per heavy atom. The molecule has 0 bridgehead atoms. The van der Waals surface area contributed by atoms with Crippen molar-refractivity contribution < 1.29 is 24.0 Å². The van der Waals surface area contributed by atoms with Crippen molar-refractivity contribution in [3.8, 4) is 11.5 Å². The van der Waals surface area contributed by atoms with Crippen LogP contribution in [-0.2, 0) is 4.79 Å². The van der Waals surface area contributed by atoms with E-state index in [-0.39, 0.29) is 17.2 Å². The average Bonchev–Trinajstić information content (AvgIpc) is 2.89. The van der Waals surface area contributed by atoms with E-state index >= 15 is 0 Å². The molecule has 0 aliphatic heterocycles. The maximum atomic E-state index is 12.7. The van der Waals surface area contributed by atoms with Crippen LogP contribution in [0.4, 0.5) is 5.69 Å². The van der Waals surface area contributed by atoms with Gasteiger partial charge in [0.2, 0.25) is 0 Å². The maximum absolute atomic E-state index is 12.7. The number of nitro groups is 1. The number of amides is 1. The molecule has 4 aromatic carbocycles. The van der Waals surface area contributed by atoms with E-state index in [0.717, 1.165) is 16.3 Å². The summed E-state index contributed by atoms with van der Waals surface area (Å²) in [5.74, 6) is -0.904. The van der Waals surface area contributed by atoms with E-state index in [1.54, 1.807) is 24.3 Å². The van der Waals surface area contributed by atoms with Crippen LogP contribution in [0.2, 0.25) is 0 Å². The largest absolute Gasteiger partial charge is 0.477 e. The van der Waals surface area contributed by atoms with Crippen LogP contribution in [0.25, 0.3) is 10.8 Å². The van der Waals surface area contributed by atoms with Gasteiger partial charge >= 0.3 is 11.7 Å². The lowest BCUT2D eigenvalue weighted by Crippen LogP contribution is -2.24. The molecule has 36 heavy (non-hydrogen) atoms. The molecule has 0 saturated carbocycles. The molecule has 0 atom stereocenters. The quantitative estimate of drug-likeness (QED) is 0.126. The Kier molecular flexibility index (Phi) is 7.30. The van der Waals surface area contributed by atoms with Gasteiger partial charge in [0.05, 0.1) is 16.7 Å². The molecule has 4 rings (SSSR count). The molecule has 180 valence electrons. The molecule has 4 aromatic rings. The van der Waals surface area contributed by atoms with E-state index in [4.69, 9.17) is 9.47 Å². The highest BCUT2D eigenvalue weighted by Crippen LogP contribution is 2.28. The van der Waals surface area contributed by atoms with Crippen LogP contribution in [0.5, 0.6) is 11.5 Å². The van der Waals surface area contributed by atoms with Gasteiger partial charge in [-0.15, -0.1) is 0 Å². The normalized spacial score (nSPS) is 10.8. The summed E-state index contributed by atoms with van der Waals surface area (Å²) in [4.78, 5) is 35.4. The van der Waals surface area contributed by atoms with E-state index in [1.165, 1.54) is 24.4 Å². The predicted octanol–water partition coefficient (Wildman–Crippen LogP) is 4.80. The number of carbonyl (C=O) groups is 2. The Balaban J connectivity index is 1.50. The molecule has 0 heterocycles. The number of hydrazone groups is 1. The highest BCUT2D eigenvalue weighted by atomic mass is 16.6. The first kappa shape index (κ1) is 24.1. The Morgan fingerprint density at radius 2 is 1.67 bits per heavy atom. The summed E-state index contributed by atoms with van der Waals surface area (Å²) in [6.07, 6.45) is 1.38. The summed E-state index contributed by atoms with van der Waals surface area (Å²) in [5, 5.41) is 16.7. The molecule has 1 N–H and O–H groups in total. The number of para-hydroxylation sites is 2. The summed E-state index contributed by atoms with van der Waals surface area (Å²) in [5.41, 5.74) is 4.00. The zero-order chi connectivity index (χ0) is 25.5. The lowest BCUT2D eigenvalue weighted by atomic mass is 10.0. The van der Waals surface area contributed by atoms with E-state index in [0.29, 0.717) is 11.1 Å². The van der Waals surface area contributed by atoms with Crippen molar-refractivity contribution in [1.82, 2.24) is 5.43 Å². The third-order valence-electron chi connectivity index (χ3n) is 5.22. The fourth-order valence-corrected chi connectivity index (χ4v) is 3.42. The molecule has 1 amide bonds. The molecule has 0 radical (unpaired) electrons. The van der Waals surface area contributed by atoms with Gasteiger partial charge in [0.15, 0.2) is 12.4 Å². The van der Waals surface area contributed by atoms with Crippen LogP contribution >= 0.6 is 0 Å². The second-order valence-electron chi connectivity index (χ2n) is 7.76. The summed E-state index contributed by atoms with van der Waals surface area (Å²) in [6, 6.07) is 23.7. The summed E-state index contributed by atoms with van der Waals surface area (Å²) in [7, 11) is 0. The third-order valence-corrected chi connectivity index (χ3v) is 5.22. The van der Waals surface area contributed by atoms with Gasteiger partial charge < -0.3 is 9.47 Å². The summed E-state index contributed by atoms with van der Waals surface area (Å²) in [6.45, 7) is 1.44. The maximum Gasteiger partial charge on any atom is 0.343 e. The number of fused-ring (bicyclic) bond motifs is 1. The van der Waals surface area contributed by atoms with Crippen molar-refractivity contribution in [3.63, 3.8) is 0 Å². The lowest BCUT2D eigenvalue weighted by molar-refractivity contribution is -0.385. The molecule has 0 aliphatic carbocycles. The Bertz CT molecular complexity index is 1460. The van der Waals surface area contributed by atoms with Crippen LogP contribution in [-0.4, -0.2) is 29.6 Å². The van der Waals surface area contributed by atoms with Gasteiger partial charge in [-0.1, -0.05) is 60.2 Å². The Hall–Kier alpha value is -5.05. The molecule has 0 unspecified atom stereocenters. The molecule has 0 saturated heterocycles. The minimum Gasteiger partial charge on any atom is -0.477 e. The van der Waals surface area contributed by atoms with Crippen LogP contribution in [0.3, 0.4) is 0 Å². The second kappa shape index (κ2) is 10.9. The van der Waals surface area contributed by atoms with Crippen LogP contribution in [0, 0.1) is 17.0 Å². The minimum absolute atomic E-state index is 0.0269. The molecule has 0 spiro atoms. The monoisotopic (exact) mass is 483 g/mol. The zero-order valence-electron chi connectivity index (χ0n) is 19.2. The fourth-order valence-electron chi connectivity index (χ4n) is 3.42. The van der Waals surface area contributed by atoms with Gasteiger partial charge in [-0.3, -0.25) is 14.9 Å². The van der Waals surface area contributed by atoms with Crippen molar-refractivity contribution >= 4 is 34.6 Å². The number of nitro benzene ring substituents is 1. The van der Waals surface area contributed by atoms with E-state index in [2.05, 4.69) is 10.5 Å². The SMILES string of the molecule is Cc1ccc(C(=O)Oc2ccc3ccccc3c2/C=N\NC(=O)COc2ccccc2[N+](=O)[O-])cc1. The summed E-state index contributed by atoms with van der Waals surface area (Å²) < 4.78 is 10.9. The first-order valence-electron chi connectivity index (χ1n) is 10.9. The molecule has 0 fully saturated rings. The number of rotatable bonds is 8. The molecule has 9 heteroatoms. The Morgan fingerprint density at radius 1 is 0.944 bits per heavy atom. The topological polar surface area (TPSA) is 120 Å².